The molecule has 0 aliphatic heterocycles. The fraction of sp³-hybridized carbons (Fsp3) is 0.130. The highest BCUT2D eigenvalue weighted by Gasteiger charge is 2.36. The molecule has 0 fully saturated rings. The van der Waals surface area contributed by atoms with Crippen LogP contribution in [0.4, 0.5) is 18.9 Å². The lowest BCUT2D eigenvalue weighted by Gasteiger charge is -2.17. The van der Waals surface area contributed by atoms with Crippen LogP contribution in [-0.2, 0) is 16.3 Å². The largest absolute Gasteiger partial charge is 0.417 e. The summed E-state index contributed by atoms with van der Waals surface area (Å²) in [6.45, 7) is 0. The Kier molecular flexibility index (Phi) is 7.08. The number of hydrogen-bond donors (Lipinski definition) is 2. The van der Waals surface area contributed by atoms with Crippen LogP contribution in [0, 0.1) is 0 Å². The summed E-state index contributed by atoms with van der Waals surface area (Å²) >= 11 is 0. The Labute approximate surface area is 194 Å². The molecular weight excluding hydrogens is 471 g/mol. The van der Waals surface area contributed by atoms with E-state index in [2.05, 4.69) is 10.5 Å². The van der Waals surface area contributed by atoms with Crippen molar-refractivity contribution in [1.82, 2.24) is 5.43 Å². The van der Waals surface area contributed by atoms with Gasteiger partial charge in [-0.15, -0.1) is 0 Å². The zero-order valence-corrected chi connectivity index (χ0v) is 18.9. The van der Waals surface area contributed by atoms with Gasteiger partial charge in [0.2, 0.25) is 0 Å². The molecule has 0 radical (unpaired) electrons. The van der Waals surface area contributed by atoms with Crippen molar-refractivity contribution >= 4 is 27.9 Å². The normalized spacial score (nSPS) is 12.1. The number of nitrogens with one attached hydrogen (secondary N) is 1. The Morgan fingerprint density at radius 2 is 1.62 bits per heavy atom. The molecule has 0 saturated carbocycles. The van der Waals surface area contributed by atoms with Gasteiger partial charge in [0.05, 0.1) is 11.8 Å². The summed E-state index contributed by atoms with van der Waals surface area (Å²) < 4.78 is 74.8. The van der Waals surface area contributed by atoms with Gasteiger partial charge in [-0.2, -0.15) is 26.7 Å². The molecule has 3 aromatic carbocycles. The molecule has 11 heteroatoms. The Morgan fingerprint density at radius 1 is 1.00 bits per heavy atom. The van der Waals surface area contributed by atoms with E-state index in [0.717, 1.165) is 11.9 Å². The van der Waals surface area contributed by atoms with Crippen LogP contribution in [0.25, 0.3) is 11.1 Å². The first-order chi connectivity index (χ1) is 15.9. The van der Waals surface area contributed by atoms with Crippen molar-refractivity contribution in [3.8, 4) is 11.1 Å². The van der Waals surface area contributed by atoms with Crippen molar-refractivity contribution in [2.24, 2.45) is 5.10 Å². The van der Waals surface area contributed by atoms with Crippen molar-refractivity contribution in [2.45, 2.75) is 11.1 Å². The number of benzene rings is 3. The minimum absolute atomic E-state index is 0.0485. The van der Waals surface area contributed by atoms with E-state index in [0.29, 0.717) is 12.1 Å². The summed E-state index contributed by atoms with van der Waals surface area (Å²) in [5.41, 5.74) is 1.14. The summed E-state index contributed by atoms with van der Waals surface area (Å²) in [6, 6.07) is 14.9. The number of carbonyl (C=O) groups is 1. The Balaban J connectivity index is 2.08. The predicted octanol–water partition coefficient (Wildman–Crippen LogP) is 4.45. The molecule has 3 rings (SSSR count). The number of nitrogens with zero attached hydrogens (tertiary/aromatic N) is 2. The number of rotatable bonds is 6. The summed E-state index contributed by atoms with van der Waals surface area (Å²) in [5.74, 6) is -0.664. The summed E-state index contributed by atoms with van der Waals surface area (Å²) in [4.78, 5) is 13.4. The fourth-order valence-corrected chi connectivity index (χ4v) is 3.91. The van der Waals surface area contributed by atoms with Gasteiger partial charge in [0.1, 0.15) is 4.90 Å². The third kappa shape index (κ3) is 5.61. The number of anilines is 1. The van der Waals surface area contributed by atoms with Gasteiger partial charge in [-0.05, 0) is 42.0 Å². The van der Waals surface area contributed by atoms with Crippen molar-refractivity contribution in [3.05, 3.63) is 83.4 Å². The maximum Gasteiger partial charge on any atom is 0.417 e. The highest BCUT2D eigenvalue weighted by atomic mass is 32.2. The molecule has 0 unspecified atom stereocenters. The van der Waals surface area contributed by atoms with Crippen LogP contribution < -0.4 is 10.3 Å². The van der Waals surface area contributed by atoms with Gasteiger partial charge in [-0.3, -0.25) is 9.35 Å². The lowest BCUT2D eigenvalue weighted by atomic mass is 9.94. The molecule has 1 amide bonds. The second-order valence-corrected chi connectivity index (χ2v) is 8.77. The summed E-state index contributed by atoms with van der Waals surface area (Å²) in [6.07, 6.45) is -4.06. The van der Waals surface area contributed by atoms with Crippen LogP contribution in [0.2, 0.25) is 0 Å². The molecule has 34 heavy (non-hydrogen) atoms. The molecule has 2 N–H and O–H groups in total. The predicted molar refractivity (Wildman–Crippen MR) is 123 cm³/mol. The summed E-state index contributed by atoms with van der Waals surface area (Å²) in [5, 5.41) is 3.68. The van der Waals surface area contributed by atoms with Crippen molar-refractivity contribution in [3.63, 3.8) is 0 Å². The van der Waals surface area contributed by atoms with Crippen molar-refractivity contribution in [1.29, 1.82) is 0 Å². The Bertz CT molecular complexity index is 1320. The van der Waals surface area contributed by atoms with Gasteiger partial charge in [0.25, 0.3) is 16.0 Å². The van der Waals surface area contributed by atoms with Crippen molar-refractivity contribution in [2.75, 3.05) is 19.0 Å². The first-order valence-corrected chi connectivity index (χ1v) is 11.2. The molecule has 0 aliphatic carbocycles. The molecule has 0 heterocycles. The molecule has 0 bridgehead atoms. The minimum Gasteiger partial charge on any atom is -0.378 e. The second-order valence-electron chi connectivity index (χ2n) is 7.38. The average Bonchev–Trinajstić information content (AvgIpc) is 2.77. The molecule has 0 aromatic heterocycles. The molecule has 7 nitrogen and oxygen atoms in total. The molecule has 0 spiro atoms. The topological polar surface area (TPSA) is 99.1 Å². The average molecular weight is 491 g/mol. The van der Waals surface area contributed by atoms with Crippen LogP contribution in [0.3, 0.4) is 0 Å². The van der Waals surface area contributed by atoms with Crippen molar-refractivity contribution < 1.29 is 30.9 Å². The Hall–Kier alpha value is -3.70. The zero-order valence-electron chi connectivity index (χ0n) is 18.0. The highest BCUT2D eigenvalue weighted by molar-refractivity contribution is 7.86. The lowest BCUT2D eigenvalue weighted by Crippen LogP contribution is -2.19. The molecule has 0 atom stereocenters. The zero-order chi connectivity index (χ0) is 25.1. The fourth-order valence-electron chi connectivity index (χ4n) is 3.24. The number of halogens is 3. The molecule has 0 aliphatic rings. The van der Waals surface area contributed by atoms with Crippen LogP contribution in [0.15, 0.2) is 76.7 Å². The minimum atomic E-state index is -4.92. The van der Waals surface area contributed by atoms with Gasteiger partial charge in [-0.1, -0.05) is 30.3 Å². The highest BCUT2D eigenvalue weighted by Crippen LogP contribution is 2.40. The van der Waals surface area contributed by atoms with E-state index in [1.807, 2.05) is 19.0 Å². The van der Waals surface area contributed by atoms with E-state index in [1.54, 1.807) is 18.2 Å². The number of carbonyl (C=O) groups excluding carboxylic acids is 1. The summed E-state index contributed by atoms with van der Waals surface area (Å²) in [7, 11) is -1.27. The van der Waals surface area contributed by atoms with E-state index in [1.165, 1.54) is 36.4 Å². The number of alkyl halides is 3. The third-order valence-corrected chi connectivity index (χ3v) is 5.77. The molecular formula is C23H20F3N3O4S. The van der Waals surface area contributed by atoms with Gasteiger partial charge in [0, 0.05) is 36.5 Å². The molecule has 178 valence electrons. The van der Waals surface area contributed by atoms with Gasteiger partial charge in [0.15, 0.2) is 0 Å². The maximum atomic E-state index is 13.8. The smallest absolute Gasteiger partial charge is 0.378 e. The third-order valence-electron chi connectivity index (χ3n) is 4.86. The van der Waals surface area contributed by atoms with E-state index >= 15 is 0 Å². The van der Waals surface area contributed by atoms with E-state index in [9.17, 15) is 30.9 Å². The maximum absolute atomic E-state index is 13.8. The number of hydrazone groups is 1. The van der Waals surface area contributed by atoms with Crippen LogP contribution in [0.5, 0.6) is 0 Å². The first-order valence-electron chi connectivity index (χ1n) is 9.77. The molecule has 3 aromatic rings. The van der Waals surface area contributed by atoms with Gasteiger partial charge in [-0.25, -0.2) is 5.43 Å². The Morgan fingerprint density at radius 3 is 2.15 bits per heavy atom. The van der Waals surface area contributed by atoms with E-state index < -0.39 is 43.8 Å². The first kappa shape index (κ1) is 24.9. The van der Waals surface area contributed by atoms with Crippen LogP contribution in [-0.4, -0.2) is 39.2 Å². The monoisotopic (exact) mass is 491 g/mol. The number of hydrogen-bond acceptors (Lipinski definition) is 5. The van der Waals surface area contributed by atoms with E-state index in [4.69, 9.17) is 0 Å². The number of amides is 1. The lowest BCUT2D eigenvalue weighted by molar-refractivity contribution is -0.137. The van der Waals surface area contributed by atoms with Gasteiger partial charge >= 0.3 is 6.18 Å². The van der Waals surface area contributed by atoms with Crippen LogP contribution in [0.1, 0.15) is 21.5 Å². The second kappa shape index (κ2) is 9.65. The molecule has 0 saturated heterocycles. The van der Waals surface area contributed by atoms with Gasteiger partial charge < -0.3 is 4.90 Å². The standard InChI is InChI=1S/C23H20F3N3O4S/c1-29(2)17-10-8-16(9-11-17)22(30)28-27-14-18-20(34(31,32)33)13-12-19(23(24,25)26)21(18)15-6-4-3-5-7-15/h3-14H,1-2H3,(H,28,30)(H,31,32,33). The van der Waals surface area contributed by atoms with Crippen LogP contribution >= 0.6 is 0 Å². The van der Waals surface area contributed by atoms with E-state index in [-0.39, 0.29) is 11.1 Å². The SMILES string of the molecule is CN(C)c1ccc(C(=O)NN=Cc2c(S(=O)(=O)O)ccc(C(F)(F)F)c2-c2ccccc2)cc1. The quantitative estimate of drug-likeness (QED) is 0.302.